The van der Waals surface area contributed by atoms with Gasteiger partial charge in [-0.2, -0.15) is 0 Å². The first-order valence-electron chi connectivity index (χ1n) is 6.65. The predicted molar refractivity (Wildman–Crippen MR) is 75.8 cm³/mol. The summed E-state index contributed by atoms with van der Waals surface area (Å²) in [5.41, 5.74) is 2.58. The average Bonchev–Trinajstić information content (AvgIpc) is 2.89. The van der Waals surface area contributed by atoms with E-state index in [0.717, 1.165) is 6.42 Å². The van der Waals surface area contributed by atoms with E-state index in [9.17, 15) is 0 Å². The second kappa shape index (κ2) is 5.87. The third kappa shape index (κ3) is 2.34. The number of methoxy groups -OCH3 is 3. The van der Waals surface area contributed by atoms with Crippen molar-refractivity contribution in [1.82, 2.24) is 0 Å². The summed E-state index contributed by atoms with van der Waals surface area (Å²) in [5, 5.41) is 0. The van der Waals surface area contributed by atoms with Crippen LogP contribution >= 0.6 is 0 Å². The lowest BCUT2D eigenvalue weighted by Crippen LogP contribution is -2.45. The molecule has 0 fully saturated rings. The summed E-state index contributed by atoms with van der Waals surface area (Å²) in [6, 6.07) is 8.42. The van der Waals surface area contributed by atoms with Crippen molar-refractivity contribution in [2.24, 2.45) is 5.92 Å². The lowest BCUT2D eigenvalue weighted by atomic mass is 9.84. The Morgan fingerprint density at radius 3 is 2.32 bits per heavy atom. The highest BCUT2D eigenvalue weighted by molar-refractivity contribution is 5.62. The smallest absolute Gasteiger partial charge is 0.285 e. The van der Waals surface area contributed by atoms with Crippen LogP contribution in [-0.2, 0) is 14.2 Å². The monoisotopic (exact) mass is 262 g/mol. The molecule has 1 aromatic rings. The fourth-order valence-corrected chi connectivity index (χ4v) is 3.06. The van der Waals surface area contributed by atoms with E-state index in [1.807, 2.05) is 0 Å². The van der Waals surface area contributed by atoms with Gasteiger partial charge in [0, 0.05) is 27.2 Å². The Kier molecular flexibility index (Phi) is 4.40. The van der Waals surface area contributed by atoms with Gasteiger partial charge in [0.25, 0.3) is 5.97 Å². The van der Waals surface area contributed by atoms with E-state index in [1.54, 1.807) is 21.3 Å². The van der Waals surface area contributed by atoms with Gasteiger partial charge in [-0.3, -0.25) is 0 Å². The number of allylic oxidation sites excluding steroid dienone is 1. The molecule has 0 saturated heterocycles. The maximum atomic E-state index is 5.54. The molecule has 3 nitrogen and oxygen atoms in total. The van der Waals surface area contributed by atoms with E-state index >= 15 is 0 Å². The van der Waals surface area contributed by atoms with Gasteiger partial charge in [0.1, 0.15) is 0 Å². The third-order valence-electron chi connectivity index (χ3n) is 4.02. The molecule has 1 aromatic carbocycles. The summed E-state index contributed by atoms with van der Waals surface area (Å²) >= 11 is 0. The van der Waals surface area contributed by atoms with Crippen molar-refractivity contribution in [1.29, 1.82) is 0 Å². The van der Waals surface area contributed by atoms with Crippen LogP contribution in [0.2, 0.25) is 0 Å². The van der Waals surface area contributed by atoms with E-state index in [0.29, 0.717) is 0 Å². The van der Waals surface area contributed by atoms with Gasteiger partial charge in [-0.1, -0.05) is 43.3 Å². The Labute approximate surface area is 115 Å². The molecule has 1 aliphatic carbocycles. The van der Waals surface area contributed by atoms with Crippen molar-refractivity contribution in [2.75, 3.05) is 21.3 Å². The van der Waals surface area contributed by atoms with E-state index in [4.69, 9.17) is 14.2 Å². The second-order valence-electron chi connectivity index (χ2n) is 4.74. The molecule has 2 atom stereocenters. The molecule has 0 bridgehead atoms. The maximum absolute atomic E-state index is 5.54. The van der Waals surface area contributed by atoms with Gasteiger partial charge in [-0.15, -0.1) is 0 Å². The van der Waals surface area contributed by atoms with E-state index in [2.05, 4.69) is 43.3 Å². The average molecular weight is 262 g/mol. The lowest BCUT2D eigenvalue weighted by molar-refractivity contribution is -0.380. The SMILES string of the molecule is CCC(C1C=Cc2ccccc21)C(OC)(OC)OC. The summed E-state index contributed by atoms with van der Waals surface area (Å²) < 4.78 is 16.6. The highest BCUT2D eigenvalue weighted by Crippen LogP contribution is 2.43. The first-order valence-corrected chi connectivity index (χ1v) is 6.65. The van der Waals surface area contributed by atoms with Crippen LogP contribution in [0.15, 0.2) is 30.3 Å². The standard InChI is InChI=1S/C16H22O3/c1-5-15(16(17-2,18-3)19-4)14-11-10-12-8-6-7-9-13(12)14/h6-11,14-15H,5H2,1-4H3. The topological polar surface area (TPSA) is 27.7 Å². The molecule has 0 spiro atoms. The zero-order valence-electron chi connectivity index (χ0n) is 12.1. The molecule has 19 heavy (non-hydrogen) atoms. The van der Waals surface area contributed by atoms with Gasteiger partial charge in [-0.05, 0) is 17.5 Å². The Bertz CT molecular complexity index is 441. The minimum atomic E-state index is -0.999. The van der Waals surface area contributed by atoms with Crippen molar-refractivity contribution in [2.45, 2.75) is 25.2 Å². The quantitative estimate of drug-likeness (QED) is 0.735. The van der Waals surface area contributed by atoms with Gasteiger partial charge < -0.3 is 14.2 Å². The van der Waals surface area contributed by atoms with Gasteiger partial charge >= 0.3 is 0 Å². The normalized spacial score (nSPS) is 19.5. The summed E-state index contributed by atoms with van der Waals surface area (Å²) in [5.74, 6) is -0.644. The van der Waals surface area contributed by atoms with Gasteiger partial charge in [-0.25, -0.2) is 0 Å². The van der Waals surface area contributed by atoms with Gasteiger partial charge in [0.15, 0.2) is 0 Å². The molecule has 0 aliphatic heterocycles. The van der Waals surface area contributed by atoms with Crippen LogP contribution < -0.4 is 0 Å². The van der Waals surface area contributed by atoms with E-state index < -0.39 is 5.97 Å². The summed E-state index contributed by atoms with van der Waals surface area (Å²) in [6.07, 6.45) is 5.28. The van der Waals surface area contributed by atoms with Gasteiger partial charge in [0.05, 0.1) is 5.92 Å². The Balaban J connectivity index is 2.37. The van der Waals surface area contributed by atoms with E-state index in [-0.39, 0.29) is 11.8 Å². The number of ether oxygens (including phenoxy) is 3. The van der Waals surface area contributed by atoms with Gasteiger partial charge in [0.2, 0.25) is 0 Å². The first kappa shape index (κ1) is 14.3. The Morgan fingerprint density at radius 1 is 1.11 bits per heavy atom. The summed E-state index contributed by atoms with van der Waals surface area (Å²) in [4.78, 5) is 0. The third-order valence-corrected chi connectivity index (χ3v) is 4.02. The van der Waals surface area contributed by atoms with Crippen molar-refractivity contribution < 1.29 is 14.2 Å². The zero-order chi connectivity index (χ0) is 13.9. The Hall–Kier alpha value is -1.16. The molecule has 0 N–H and O–H groups in total. The fraction of sp³-hybridized carbons (Fsp3) is 0.500. The minimum absolute atomic E-state index is 0.104. The summed E-state index contributed by atoms with van der Waals surface area (Å²) in [7, 11) is 4.88. The molecule has 2 rings (SSSR count). The molecular weight excluding hydrogens is 240 g/mol. The van der Waals surface area contributed by atoms with Crippen molar-refractivity contribution in [3.8, 4) is 0 Å². The van der Waals surface area contributed by atoms with E-state index in [1.165, 1.54) is 11.1 Å². The van der Waals surface area contributed by atoms with Crippen LogP contribution in [-0.4, -0.2) is 27.3 Å². The number of benzene rings is 1. The van der Waals surface area contributed by atoms with Crippen LogP contribution in [0, 0.1) is 5.92 Å². The fourth-order valence-electron chi connectivity index (χ4n) is 3.06. The predicted octanol–water partition coefficient (Wildman–Crippen LogP) is 3.42. The van der Waals surface area contributed by atoms with Crippen LogP contribution in [0.5, 0.6) is 0 Å². The maximum Gasteiger partial charge on any atom is 0.285 e. The van der Waals surface area contributed by atoms with Crippen LogP contribution in [0.4, 0.5) is 0 Å². The van der Waals surface area contributed by atoms with Crippen LogP contribution in [0.25, 0.3) is 6.08 Å². The Morgan fingerprint density at radius 2 is 1.74 bits per heavy atom. The van der Waals surface area contributed by atoms with Crippen molar-refractivity contribution in [3.63, 3.8) is 0 Å². The molecule has 1 aliphatic rings. The van der Waals surface area contributed by atoms with Crippen molar-refractivity contribution in [3.05, 3.63) is 41.5 Å². The summed E-state index contributed by atoms with van der Waals surface area (Å²) in [6.45, 7) is 2.13. The number of fused-ring (bicyclic) bond motifs is 1. The number of rotatable bonds is 6. The highest BCUT2D eigenvalue weighted by atomic mass is 16.9. The second-order valence-corrected chi connectivity index (χ2v) is 4.74. The van der Waals surface area contributed by atoms with Crippen LogP contribution in [0.3, 0.4) is 0 Å². The highest BCUT2D eigenvalue weighted by Gasteiger charge is 2.44. The molecule has 0 amide bonds. The van der Waals surface area contributed by atoms with Crippen LogP contribution in [0.1, 0.15) is 30.4 Å². The molecule has 3 heteroatoms. The molecular formula is C16H22O3. The molecule has 0 radical (unpaired) electrons. The van der Waals surface area contributed by atoms with Crippen molar-refractivity contribution >= 4 is 6.08 Å². The minimum Gasteiger partial charge on any atom is -0.331 e. The molecule has 0 saturated carbocycles. The number of hydrogen-bond acceptors (Lipinski definition) is 3. The first-order chi connectivity index (χ1) is 9.22. The largest absolute Gasteiger partial charge is 0.331 e. The number of hydrogen-bond donors (Lipinski definition) is 0. The molecule has 0 heterocycles. The zero-order valence-corrected chi connectivity index (χ0v) is 12.1. The molecule has 0 aromatic heterocycles. The molecule has 2 unspecified atom stereocenters. The lowest BCUT2D eigenvalue weighted by Gasteiger charge is -2.38. The molecule has 104 valence electrons.